The van der Waals surface area contributed by atoms with Gasteiger partial charge in [0.1, 0.15) is 12.6 Å². The van der Waals surface area contributed by atoms with E-state index in [1.54, 1.807) is 36.4 Å². The van der Waals surface area contributed by atoms with Crippen molar-refractivity contribution in [2.75, 3.05) is 24.2 Å². The topological polar surface area (TPSA) is 86.8 Å². The minimum atomic E-state index is -4.13. The van der Waals surface area contributed by atoms with E-state index in [-0.39, 0.29) is 23.8 Å². The van der Waals surface area contributed by atoms with Crippen molar-refractivity contribution in [1.29, 1.82) is 0 Å². The van der Waals surface area contributed by atoms with Crippen LogP contribution in [0.2, 0.25) is 0 Å². The van der Waals surface area contributed by atoms with Crippen molar-refractivity contribution in [2.24, 2.45) is 0 Å². The van der Waals surface area contributed by atoms with E-state index in [9.17, 15) is 18.0 Å². The maximum absolute atomic E-state index is 14.3. The number of nitrogens with zero attached hydrogens (tertiary/aromatic N) is 2. The van der Waals surface area contributed by atoms with E-state index in [0.717, 1.165) is 25.9 Å². The maximum atomic E-state index is 14.3. The molecule has 0 aliphatic carbocycles. The molecule has 0 aliphatic rings. The number of benzene rings is 4. The molecule has 4 aromatic rings. The predicted octanol–water partition coefficient (Wildman–Crippen LogP) is 5.30. The van der Waals surface area contributed by atoms with Gasteiger partial charge >= 0.3 is 0 Å². The lowest BCUT2D eigenvalue weighted by Gasteiger charge is -2.33. The molecule has 0 saturated carbocycles. The van der Waals surface area contributed by atoms with Gasteiger partial charge in [0.15, 0.2) is 0 Å². The number of aryl methyl sites for hydroxylation is 1. The third-order valence-corrected chi connectivity index (χ3v) is 9.49. The number of thioether (sulfide) groups is 1. The summed E-state index contributed by atoms with van der Waals surface area (Å²) in [6.07, 6.45) is 2.19. The highest BCUT2D eigenvalue weighted by molar-refractivity contribution is 7.98. The second-order valence-corrected chi connectivity index (χ2v) is 12.6. The third-order valence-electron chi connectivity index (χ3n) is 6.96. The minimum absolute atomic E-state index is 0.0791. The average Bonchev–Trinajstić information content (AvgIpc) is 3.02. The van der Waals surface area contributed by atoms with E-state index in [2.05, 4.69) is 5.32 Å². The number of hydrogen-bond donors (Lipinski definition) is 1. The first kappa shape index (κ1) is 30.9. The van der Waals surface area contributed by atoms with Crippen molar-refractivity contribution < 1.29 is 18.0 Å². The predicted molar refractivity (Wildman–Crippen MR) is 169 cm³/mol. The summed E-state index contributed by atoms with van der Waals surface area (Å²) in [5.41, 5.74) is 3.03. The van der Waals surface area contributed by atoms with Crippen molar-refractivity contribution in [3.8, 4) is 0 Å². The van der Waals surface area contributed by atoms with Gasteiger partial charge in [-0.05, 0) is 60.7 Å². The molecule has 1 N–H and O–H groups in total. The summed E-state index contributed by atoms with van der Waals surface area (Å²) in [5.74, 6) is -0.825. The van der Waals surface area contributed by atoms with Crippen LogP contribution in [0, 0.1) is 6.92 Å². The van der Waals surface area contributed by atoms with Crippen LogP contribution in [0.1, 0.15) is 16.7 Å². The second kappa shape index (κ2) is 14.2. The van der Waals surface area contributed by atoms with Crippen LogP contribution in [0.25, 0.3) is 0 Å². The van der Waals surface area contributed by atoms with E-state index in [0.29, 0.717) is 5.69 Å². The second-order valence-electron chi connectivity index (χ2n) is 9.85. The lowest BCUT2D eigenvalue weighted by molar-refractivity contribution is -0.139. The normalized spacial score (nSPS) is 11.9. The Bertz CT molecular complexity index is 1580. The smallest absolute Gasteiger partial charge is 0.264 e. The largest absolute Gasteiger partial charge is 0.357 e. The van der Waals surface area contributed by atoms with Crippen molar-refractivity contribution >= 4 is 39.3 Å². The Morgan fingerprint density at radius 2 is 1.38 bits per heavy atom. The molecule has 0 spiro atoms. The summed E-state index contributed by atoms with van der Waals surface area (Å²) >= 11 is 1.51. The monoisotopic (exact) mass is 601 g/mol. The van der Waals surface area contributed by atoms with Gasteiger partial charge in [0.25, 0.3) is 10.0 Å². The van der Waals surface area contributed by atoms with Gasteiger partial charge in [-0.25, -0.2) is 8.42 Å². The first-order chi connectivity index (χ1) is 20.2. The highest BCUT2D eigenvalue weighted by Crippen LogP contribution is 2.27. The fourth-order valence-corrected chi connectivity index (χ4v) is 6.44. The molecule has 7 nitrogen and oxygen atoms in total. The van der Waals surface area contributed by atoms with E-state index in [1.165, 1.54) is 23.7 Å². The maximum Gasteiger partial charge on any atom is 0.264 e. The molecule has 4 rings (SSSR count). The zero-order valence-electron chi connectivity index (χ0n) is 23.9. The molecule has 0 fully saturated rings. The van der Waals surface area contributed by atoms with Gasteiger partial charge in [0.2, 0.25) is 11.8 Å². The summed E-state index contributed by atoms with van der Waals surface area (Å²) in [6, 6.07) is 31.6. The SMILES string of the molecule is CNC(=O)[C@@H](Cc1ccccc1)N(Cc1ccccc1)C(=O)CN(c1ccc(C)cc1)S(=O)(=O)c1ccc(SC)cc1. The highest BCUT2D eigenvalue weighted by atomic mass is 32.2. The molecule has 4 aromatic carbocycles. The zero-order chi connectivity index (χ0) is 30.1. The number of nitrogens with one attached hydrogen (secondary N) is 1. The highest BCUT2D eigenvalue weighted by Gasteiger charge is 2.34. The van der Waals surface area contributed by atoms with Gasteiger partial charge in [0, 0.05) is 24.9 Å². The van der Waals surface area contributed by atoms with Crippen LogP contribution in [0.15, 0.2) is 119 Å². The Labute approximate surface area is 252 Å². The Morgan fingerprint density at radius 1 is 0.810 bits per heavy atom. The molecule has 0 radical (unpaired) electrons. The molecule has 2 amide bonds. The number of carbonyl (C=O) groups excluding carboxylic acids is 2. The summed E-state index contributed by atoms with van der Waals surface area (Å²) in [7, 11) is -2.59. The van der Waals surface area contributed by atoms with Crippen LogP contribution >= 0.6 is 11.8 Å². The molecule has 0 bridgehead atoms. The van der Waals surface area contributed by atoms with Crippen molar-refractivity contribution in [2.45, 2.75) is 35.7 Å². The summed E-state index contributed by atoms with van der Waals surface area (Å²) in [6.45, 7) is 1.56. The summed E-state index contributed by atoms with van der Waals surface area (Å²) in [5, 5.41) is 2.70. The number of hydrogen-bond acceptors (Lipinski definition) is 5. The van der Waals surface area contributed by atoms with Gasteiger partial charge in [-0.2, -0.15) is 0 Å². The lowest BCUT2D eigenvalue weighted by Crippen LogP contribution is -2.53. The number of rotatable bonds is 12. The molecule has 42 heavy (non-hydrogen) atoms. The van der Waals surface area contributed by atoms with E-state index < -0.39 is 28.5 Å². The van der Waals surface area contributed by atoms with E-state index >= 15 is 0 Å². The van der Waals surface area contributed by atoms with E-state index in [1.807, 2.05) is 86.0 Å². The first-order valence-electron chi connectivity index (χ1n) is 13.6. The molecule has 9 heteroatoms. The number of carbonyl (C=O) groups is 2. The van der Waals surface area contributed by atoms with Crippen molar-refractivity contribution in [3.63, 3.8) is 0 Å². The van der Waals surface area contributed by atoms with Crippen LogP contribution in [0.3, 0.4) is 0 Å². The molecule has 0 saturated heterocycles. The average molecular weight is 602 g/mol. The number of sulfonamides is 1. The molecule has 0 unspecified atom stereocenters. The van der Waals surface area contributed by atoms with Gasteiger partial charge < -0.3 is 10.2 Å². The fourth-order valence-electron chi connectivity index (χ4n) is 4.62. The van der Waals surface area contributed by atoms with Crippen LogP contribution in [-0.4, -0.2) is 51.0 Å². The first-order valence-corrected chi connectivity index (χ1v) is 16.2. The quantitative estimate of drug-likeness (QED) is 0.223. The summed E-state index contributed by atoms with van der Waals surface area (Å²) < 4.78 is 29.2. The zero-order valence-corrected chi connectivity index (χ0v) is 25.6. The Kier molecular flexibility index (Phi) is 10.4. The van der Waals surface area contributed by atoms with Crippen LogP contribution in [-0.2, 0) is 32.6 Å². The van der Waals surface area contributed by atoms with Crippen LogP contribution in [0.4, 0.5) is 5.69 Å². The van der Waals surface area contributed by atoms with Gasteiger partial charge in [-0.15, -0.1) is 11.8 Å². The van der Waals surface area contributed by atoms with E-state index in [4.69, 9.17) is 0 Å². The Hall–Kier alpha value is -4.08. The Morgan fingerprint density at radius 3 is 1.93 bits per heavy atom. The molecule has 0 aromatic heterocycles. The molecular weight excluding hydrogens is 567 g/mol. The molecule has 218 valence electrons. The third kappa shape index (κ3) is 7.60. The molecule has 1 atom stereocenters. The van der Waals surface area contributed by atoms with Gasteiger partial charge in [-0.1, -0.05) is 78.4 Å². The fraction of sp³-hybridized carbons (Fsp3) is 0.212. The van der Waals surface area contributed by atoms with Gasteiger partial charge in [0.05, 0.1) is 10.6 Å². The number of amides is 2. The van der Waals surface area contributed by atoms with Crippen molar-refractivity contribution in [1.82, 2.24) is 10.2 Å². The van der Waals surface area contributed by atoms with Crippen LogP contribution < -0.4 is 9.62 Å². The molecular formula is C33H35N3O4S2. The number of likely N-dealkylation sites (N-methyl/N-ethyl adjacent to an activating group) is 1. The number of anilines is 1. The minimum Gasteiger partial charge on any atom is -0.357 e. The van der Waals surface area contributed by atoms with Gasteiger partial charge in [-0.3, -0.25) is 13.9 Å². The Balaban J connectivity index is 1.76. The summed E-state index contributed by atoms with van der Waals surface area (Å²) in [4.78, 5) is 30.0. The van der Waals surface area contributed by atoms with Crippen LogP contribution in [0.5, 0.6) is 0 Å². The van der Waals surface area contributed by atoms with Crippen molar-refractivity contribution in [3.05, 3.63) is 126 Å². The molecule has 0 aliphatic heterocycles. The standard InChI is InChI=1S/C33H35N3O4S2/c1-25-14-16-28(17-15-25)36(42(39,40)30-20-18-29(41-3)19-21-30)24-32(37)35(23-27-12-8-5-9-13-27)31(33(38)34-2)22-26-10-6-4-7-11-26/h4-21,31H,22-24H2,1-3H3,(H,34,38)/t31-/m1/s1. The molecule has 0 heterocycles. The lowest BCUT2D eigenvalue weighted by atomic mass is 10.0.